The number of hydrogen-bond acceptors (Lipinski definition) is 3. The van der Waals surface area contributed by atoms with Crippen molar-refractivity contribution in [3.8, 4) is 0 Å². The fourth-order valence-corrected chi connectivity index (χ4v) is 2.13. The molecule has 5 heteroatoms. The van der Waals surface area contributed by atoms with Gasteiger partial charge in [-0.05, 0) is 37.1 Å². The van der Waals surface area contributed by atoms with Gasteiger partial charge in [-0.3, -0.25) is 19.3 Å². The van der Waals surface area contributed by atoms with E-state index in [2.05, 4.69) is 5.32 Å². The van der Waals surface area contributed by atoms with E-state index >= 15 is 0 Å². The minimum absolute atomic E-state index is 0.129. The summed E-state index contributed by atoms with van der Waals surface area (Å²) in [6, 6.07) is 5.68. The molecule has 1 saturated heterocycles. The average Bonchev–Trinajstić information content (AvgIpc) is 2.71. The van der Waals surface area contributed by atoms with Crippen molar-refractivity contribution in [1.82, 2.24) is 4.90 Å². The molecule has 2 rings (SSSR count). The zero-order chi connectivity index (χ0) is 14.7. The monoisotopic (exact) mass is 274 g/mol. The number of carbonyl (C=O) groups is 3. The fourth-order valence-electron chi connectivity index (χ4n) is 2.13. The Morgan fingerprint density at radius 3 is 2.40 bits per heavy atom. The summed E-state index contributed by atoms with van der Waals surface area (Å²) in [6.45, 7) is 4.15. The maximum atomic E-state index is 11.8. The third-order valence-corrected chi connectivity index (χ3v) is 3.51. The first-order valence-electron chi connectivity index (χ1n) is 6.67. The summed E-state index contributed by atoms with van der Waals surface area (Å²) in [7, 11) is 0. The standard InChI is InChI=1S/C15H18N2O3/c1-10-3-4-12(9-11(10)2)16-13(18)7-8-17-14(19)5-6-15(17)20/h3-4,9H,5-8H2,1-2H3,(H,16,18). The Morgan fingerprint density at radius 2 is 1.80 bits per heavy atom. The largest absolute Gasteiger partial charge is 0.326 e. The van der Waals surface area contributed by atoms with Gasteiger partial charge in [0.2, 0.25) is 17.7 Å². The van der Waals surface area contributed by atoms with E-state index in [0.717, 1.165) is 16.8 Å². The molecule has 0 radical (unpaired) electrons. The topological polar surface area (TPSA) is 66.5 Å². The van der Waals surface area contributed by atoms with Crippen LogP contribution in [0.25, 0.3) is 0 Å². The third kappa shape index (κ3) is 3.23. The van der Waals surface area contributed by atoms with E-state index in [4.69, 9.17) is 0 Å². The summed E-state index contributed by atoms with van der Waals surface area (Å²) >= 11 is 0. The average molecular weight is 274 g/mol. The van der Waals surface area contributed by atoms with Gasteiger partial charge in [-0.2, -0.15) is 0 Å². The molecule has 0 bridgehead atoms. The normalized spacial score (nSPS) is 14.8. The molecule has 0 unspecified atom stereocenters. The highest BCUT2D eigenvalue weighted by molar-refractivity contribution is 6.02. The van der Waals surface area contributed by atoms with Gasteiger partial charge in [0.25, 0.3) is 0 Å². The van der Waals surface area contributed by atoms with Gasteiger partial charge in [0.15, 0.2) is 0 Å². The van der Waals surface area contributed by atoms with Crippen molar-refractivity contribution in [2.75, 3.05) is 11.9 Å². The molecular formula is C15H18N2O3. The molecule has 0 aromatic heterocycles. The number of imide groups is 1. The summed E-state index contributed by atoms with van der Waals surface area (Å²) in [4.78, 5) is 35.8. The Balaban J connectivity index is 1.88. The van der Waals surface area contributed by atoms with Crippen LogP contribution in [0.1, 0.15) is 30.4 Å². The second-order valence-corrected chi connectivity index (χ2v) is 5.04. The lowest BCUT2D eigenvalue weighted by Gasteiger charge is -2.13. The molecule has 1 aromatic carbocycles. The Labute approximate surface area is 118 Å². The molecule has 1 fully saturated rings. The summed E-state index contributed by atoms with van der Waals surface area (Å²) in [5.74, 6) is -0.566. The number of hydrogen-bond donors (Lipinski definition) is 1. The fraction of sp³-hybridized carbons (Fsp3) is 0.400. The molecule has 1 N–H and O–H groups in total. The molecule has 0 atom stereocenters. The van der Waals surface area contributed by atoms with Crippen molar-refractivity contribution in [1.29, 1.82) is 0 Å². The number of likely N-dealkylation sites (tertiary alicyclic amines) is 1. The van der Waals surface area contributed by atoms with E-state index in [1.54, 1.807) is 0 Å². The Morgan fingerprint density at radius 1 is 1.15 bits per heavy atom. The van der Waals surface area contributed by atoms with Crippen molar-refractivity contribution in [2.45, 2.75) is 33.1 Å². The summed E-state index contributed by atoms with van der Waals surface area (Å²) in [5, 5.41) is 2.78. The van der Waals surface area contributed by atoms with E-state index in [1.807, 2.05) is 32.0 Å². The van der Waals surface area contributed by atoms with Crippen LogP contribution in [0.15, 0.2) is 18.2 Å². The molecule has 5 nitrogen and oxygen atoms in total. The van der Waals surface area contributed by atoms with Crippen LogP contribution < -0.4 is 5.32 Å². The van der Waals surface area contributed by atoms with Gasteiger partial charge in [-0.15, -0.1) is 0 Å². The molecule has 0 aliphatic carbocycles. The van der Waals surface area contributed by atoms with Crippen molar-refractivity contribution in [3.05, 3.63) is 29.3 Å². The van der Waals surface area contributed by atoms with E-state index in [9.17, 15) is 14.4 Å². The van der Waals surface area contributed by atoms with Crippen LogP contribution >= 0.6 is 0 Å². The molecular weight excluding hydrogens is 256 g/mol. The van der Waals surface area contributed by atoms with Crippen LogP contribution in [0.2, 0.25) is 0 Å². The molecule has 1 heterocycles. The maximum absolute atomic E-state index is 11.8. The first-order chi connectivity index (χ1) is 9.47. The Hall–Kier alpha value is -2.17. The smallest absolute Gasteiger partial charge is 0.229 e. The van der Waals surface area contributed by atoms with Gasteiger partial charge in [-0.25, -0.2) is 0 Å². The van der Waals surface area contributed by atoms with Crippen molar-refractivity contribution < 1.29 is 14.4 Å². The van der Waals surface area contributed by atoms with Crippen LogP contribution in [0.3, 0.4) is 0 Å². The van der Waals surface area contributed by atoms with Crippen LogP contribution in [-0.4, -0.2) is 29.2 Å². The lowest BCUT2D eigenvalue weighted by atomic mass is 10.1. The van der Waals surface area contributed by atoms with E-state index in [1.165, 1.54) is 4.90 Å². The predicted octanol–water partition coefficient (Wildman–Crippen LogP) is 1.78. The summed E-state index contributed by atoms with van der Waals surface area (Å²) in [6.07, 6.45) is 0.652. The van der Waals surface area contributed by atoms with E-state index in [0.29, 0.717) is 0 Å². The predicted molar refractivity (Wildman–Crippen MR) is 75.1 cm³/mol. The molecule has 0 spiro atoms. The lowest BCUT2D eigenvalue weighted by Crippen LogP contribution is -2.32. The molecule has 20 heavy (non-hydrogen) atoms. The minimum atomic E-state index is -0.194. The SMILES string of the molecule is Cc1ccc(NC(=O)CCN2C(=O)CCC2=O)cc1C. The number of benzene rings is 1. The van der Waals surface area contributed by atoms with Crippen LogP contribution in [0.4, 0.5) is 5.69 Å². The van der Waals surface area contributed by atoms with Gasteiger partial charge in [0, 0.05) is 31.5 Å². The van der Waals surface area contributed by atoms with Gasteiger partial charge in [0.05, 0.1) is 0 Å². The van der Waals surface area contributed by atoms with Crippen molar-refractivity contribution >= 4 is 23.4 Å². The number of nitrogens with one attached hydrogen (secondary N) is 1. The van der Waals surface area contributed by atoms with E-state index < -0.39 is 0 Å². The Bertz CT molecular complexity index is 550. The molecule has 3 amide bonds. The van der Waals surface area contributed by atoms with Gasteiger partial charge >= 0.3 is 0 Å². The van der Waals surface area contributed by atoms with Gasteiger partial charge in [-0.1, -0.05) is 6.07 Å². The zero-order valence-electron chi connectivity index (χ0n) is 11.7. The Kier molecular flexibility index (Phi) is 4.17. The number of carbonyl (C=O) groups excluding carboxylic acids is 3. The first-order valence-corrected chi connectivity index (χ1v) is 6.67. The second-order valence-electron chi connectivity index (χ2n) is 5.04. The second kappa shape index (κ2) is 5.86. The molecule has 1 aliphatic rings. The number of rotatable bonds is 4. The van der Waals surface area contributed by atoms with Gasteiger partial charge < -0.3 is 5.32 Å². The highest BCUT2D eigenvalue weighted by Crippen LogP contribution is 2.15. The number of nitrogens with zero attached hydrogens (tertiary/aromatic N) is 1. The quantitative estimate of drug-likeness (QED) is 0.851. The summed E-state index contributed by atoms with van der Waals surface area (Å²) in [5.41, 5.74) is 3.00. The van der Waals surface area contributed by atoms with Crippen LogP contribution in [0, 0.1) is 13.8 Å². The van der Waals surface area contributed by atoms with Crippen LogP contribution in [-0.2, 0) is 14.4 Å². The highest BCUT2D eigenvalue weighted by Gasteiger charge is 2.28. The molecule has 106 valence electrons. The number of anilines is 1. The third-order valence-electron chi connectivity index (χ3n) is 3.51. The minimum Gasteiger partial charge on any atom is -0.326 e. The number of amides is 3. The summed E-state index contributed by atoms with van der Waals surface area (Å²) < 4.78 is 0. The zero-order valence-corrected chi connectivity index (χ0v) is 11.7. The maximum Gasteiger partial charge on any atom is 0.229 e. The van der Waals surface area contributed by atoms with Crippen LogP contribution in [0.5, 0.6) is 0 Å². The van der Waals surface area contributed by atoms with Crippen molar-refractivity contribution in [3.63, 3.8) is 0 Å². The van der Waals surface area contributed by atoms with Crippen molar-refractivity contribution in [2.24, 2.45) is 0 Å². The highest BCUT2D eigenvalue weighted by atomic mass is 16.2. The van der Waals surface area contributed by atoms with E-state index in [-0.39, 0.29) is 43.5 Å². The first kappa shape index (κ1) is 14.2. The number of aryl methyl sites for hydroxylation is 2. The molecule has 1 aromatic rings. The molecule has 1 aliphatic heterocycles. The van der Waals surface area contributed by atoms with Gasteiger partial charge in [0.1, 0.15) is 0 Å². The lowest BCUT2D eigenvalue weighted by molar-refractivity contribution is -0.138. The molecule has 0 saturated carbocycles.